The Balaban J connectivity index is 1.62. The highest BCUT2D eigenvalue weighted by Gasteiger charge is 2.17. The molecule has 0 aliphatic heterocycles. The molecule has 0 unspecified atom stereocenters. The Morgan fingerprint density at radius 3 is 2.26 bits per heavy atom. The van der Waals surface area contributed by atoms with Crippen molar-refractivity contribution in [2.75, 3.05) is 23.8 Å². The lowest BCUT2D eigenvalue weighted by molar-refractivity contribution is -0.124. The third kappa shape index (κ3) is 8.82. The summed E-state index contributed by atoms with van der Waals surface area (Å²) in [5.41, 5.74) is 2.44. The molecule has 0 aromatic heterocycles. The molecule has 0 fully saturated rings. The van der Waals surface area contributed by atoms with Gasteiger partial charge in [0.05, 0.1) is 21.7 Å². The Labute approximate surface area is 241 Å². The lowest BCUT2D eigenvalue weighted by Crippen LogP contribution is -2.43. The molecule has 0 saturated carbocycles. The Morgan fingerprint density at radius 1 is 0.947 bits per heavy atom. The van der Waals surface area contributed by atoms with Crippen molar-refractivity contribution in [2.24, 2.45) is 0 Å². The Morgan fingerprint density at radius 2 is 1.63 bits per heavy atom. The second-order valence-electron chi connectivity index (χ2n) is 9.43. The number of hydrogen-bond acceptors (Lipinski definition) is 5. The Bertz CT molecular complexity index is 1290. The van der Waals surface area contributed by atoms with Crippen LogP contribution in [0.15, 0.2) is 59.1 Å². The normalized spacial score (nSPS) is 11.0. The molecule has 202 valence electrons. The number of benzene rings is 3. The first kappa shape index (κ1) is 29.6. The predicted molar refractivity (Wildman–Crippen MR) is 157 cm³/mol. The van der Waals surface area contributed by atoms with Gasteiger partial charge < -0.3 is 25.4 Å². The highest BCUT2D eigenvalue weighted by molar-refractivity contribution is 9.10. The van der Waals surface area contributed by atoms with E-state index in [1.807, 2.05) is 52.0 Å². The number of anilines is 2. The summed E-state index contributed by atoms with van der Waals surface area (Å²) < 4.78 is 12.2. The lowest BCUT2D eigenvalue weighted by Gasteiger charge is -2.21. The fraction of sp³-hybridized carbons (Fsp3) is 0.286. The molecule has 0 heterocycles. The summed E-state index contributed by atoms with van der Waals surface area (Å²) >= 11 is 15.6. The molecule has 3 N–H and O–H groups in total. The van der Waals surface area contributed by atoms with Crippen molar-refractivity contribution >= 4 is 62.3 Å². The number of amides is 2. The van der Waals surface area contributed by atoms with Gasteiger partial charge in [0.15, 0.2) is 18.1 Å². The first-order chi connectivity index (χ1) is 17.9. The molecule has 3 aromatic rings. The van der Waals surface area contributed by atoms with Gasteiger partial charge in [0.25, 0.3) is 11.8 Å². The Hall–Kier alpha value is -2.94. The number of hydrogen-bond donors (Lipinski definition) is 3. The van der Waals surface area contributed by atoms with Crippen LogP contribution in [0.4, 0.5) is 11.4 Å². The van der Waals surface area contributed by atoms with E-state index in [4.69, 9.17) is 32.7 Å². The average molecular weight is 623 g/mol. The topological polar surface area (TPSA) is 88.7 Å². The van der Waals surface area contributed by atoms with E-state index in [1.165, 1.54) is 6.07 Å². The summed E-state index contributed by atoms with van der Waals surface area (Å²) in [4.78, 5) is 24.7. The van der Waals surface area contributed by atoms with Crippen molar-refractivity contribution in [3.05, 3.63) is 80.2 Å². The van der Waals surface area contributed by atoms with Gasteiger partial charge >= 0.3 is 0 Å². The first-order valence-electron chi connectivity index (χ1n) is 11.9. The molecule has 0 bridgehead atoms. The van der Waals surface area contributed by atoms with Crippen LogP contribution >= 0.6 is 39.1 Å². The Kier molecular flexibility index (Phi) is 10.3. The summed E-state index contributed by atoms with van der Waals surface area (Å²) in [6.45, 7) is 8.45. The van der Waals surface area contributed by atoms with Gasteiger partial charge in [-0.2, -0.15) is 0 Å². The highest BCUT2D eigenvalue weighted by atomic mass is 79.9. The van der Waals surface area contributed by atoms with Crippen LogP contribution in [0.3, 0.4) is 0 Å². The monoisotopic (exact) mass is 621 g/mol. The van der Waals surface area contributed by atoms with E-state index in [-0.39, 0.29) is 29.0 Å². The van der Waals surface area contributed by atoms with E-state index in [0.29, 0.717) is 45.4 Å². The van der Waals surface area contributed by atoms with E-state index < -0.39 is 0 Å². The van der Waals surface area contributed by atoms with Crippen LogP contribution in [0.1, 0.15) is 43.6 Å². The zero-order chi connectivity index (χ0) is 27.9. The molecule has 38 heavy (non-hydrogen) atoms. The second kappa shape index (κ2) is 13.2. The van der Waals surface area contributed by atoms with Crippen LogP contribution in [0, 0.1) is 0 Å². The van der Waals surface area contributed by atoms with Crippen LogP contribution in [0.2, 0.25) is 10.0 Å². The molecule has 0 radical (unpaired) electrons. The summed E-state index contributed by atoms with van der Waals surface area (Å²) in [7, 11) is 0. The van der Waals surface area contributed by atoms with Crippen molar-refractivity contribution < 1.29 is 19.1 Å². The van der Waals surface area contributed by atoms with Crippen LogP contribution in [-0.4, -0.2) is 30.6 Å². The second-order valence-corrected chi connectivity index (χ2v) is 11.1. The van der Waals surface area contributed by atoms with Gasteiger partial charge in [0.2, 0.25) is 0 Å². The van der Waals surface area contributed by atoms with Crippen molar-refractivity contribution in [3.63, 3.8) is 0 Å². The molecule has 0 aliphatic carbocycles. The summed E-state index contributed by atoms with van der Waals surface area (Å²) in [5.74, 6) is 0.481. The number of carbonyl (C=O) groups is 2. The van der Waals surface area contributed by atoms with Crippen LogP contribution < -0.4 is 25.4 Å². The molecule has 0 atom stereocenters. The third-order valence-electron chi connectivity index (χ3n) is 5.05. The molecule has 0 aliphatic rings. The molecule has 2 amide bonds. The standard InChI is InChI=1S/C28H30BrCl2N3O4/c1-5-37-24-13-17(12-22(29)26(24)38-16-25(35)34-28(2,3)4)15-32-19-7-9-20(10-8-19)33-27(36)21-11-6-18(30)14-23(21)31/h6-14,32H,5,15-16H2,1-4H3,(H,33,36)(H,34,35). The van der Waals surface area contributed by atoms with Gasteiger partial charge in [-0.3, -0.25) is 9.59 Å². The number of rotatable bonds is 10. The van der Waals surface area contributed by atoms with Gasteiger partial charge in [-0.1, -0.05) is 23.2 Å². The van der Waals surface area contributed by atoms with Crippen molar-refractivity contribution in [3.8, 4) is 11.5 Å². The van der Waals surface area contributed by atoms with E-state index >= 15 is 0 Å². The predicted octanol–water partition coefficient (Wildman–Crippen LogP) is 7.31. The van der Waals surface area contributed by atoms with Gasteiger partial charge in [0, 0.05) is 28.5 Å². The minimum absolute atomic E-state index is 0.124. The van der Waals surface area contributed by atoms with Gasteiger partial charge in [-0.05, 0) is 104 Å². The fourth-order valence-electron chi connectivity index (χ4n) is 3.47. The zero-order valence-electron chi connectivity index (χ0n) is 21.6. The third-order valence-corrected chi connectivity index (χ3v) is 6.18. The molecular formula is C28H30BrCl2N3O4. The van der Waals surface area contributed by atoms with Crippen molar-refractivity contribution in [2.45, 2.75) is 39.8 Å². The maximum absolute atomic E-state index is 12.5. The molecule has 0 saturated heterocycles. The quantitative estimate of drug-likeness (QED) is 0.221. The van der Waals surface area contributed by atoms with Gasteiger partial charge in [-0.15, -0.1) is 0 Å². The lowest BCUT2D eigenvalue weighted by atomic mass is 10.1. The molecule has 7 nitrogen and oxygen atoms in total. The largest absolute Gasteiger partial charge is 0.490 e. The van der Waals surface area contributed by atoms with Crippen molar-refractivity contribution in [1.82, 2.24) is 5.32 Å². The SMILES string of the molecule is CCOc1cc(CNc2ccc(NC(=O)c3ccc(Cl)cc3Cl)cc2)cc(Br)c1OCC(=O)NC(C)(C)C. The smallest absolute Gasteiger partial charge is 0.258 e. The fourth-order valence-corrected chi connectivity index (χ4v) is 4.56. The number of nitrogens with one attached hydrogen (secondary N) is 3. The number of halogens is 3. The summed E-state index contributed by atoms with van der Waals surface area (Å²) in [5, 5.41) is 9.80. The maximum Gasteiger partial charge on any atom is 0.258 e. The molecule has 10 heteroatoms. The van der Waals surface area contributed by atoms with Gasteiger partial charge in [-0.25, -0.2) is 0 Å². The summed E-state index contributed by atoms with van der Waals surface area (Å²) in [6.07, 6.45) is 0. The number of carbonyl (C=O) groups excluding carboxylic acids is 2. The van der Waals surface area contributed by atoms with E-state index in [9.17, 15) is 9.59 Å². The van der Waals surface area contributed by atoms with E-state index in [0.717, 1.165) is 11.3 Å². The first-order valence-corrected chi connectivity index (χ1v) is 13.5. The number of ether oxygens (including phenoxy) is 2. The minimum atomic E-state index is -0.343. The van der Waals surface area contributed by atoms with Crippen molar-refractivity contribution in [1.29, 1.82) is 0 Å². The summed E-state index contributed by atoms with van der Waals surface area (Å²) in [6, 6.07) is 15.8. The average Bonchev–Trinajstić information content (AvgIpc) is 2.82. The van der Waals surface area contributed by atoms with Crippen LogP contribution in [0.25, 0.3) is 0 Å². The van der Waals surface area contributed by atoms with E-state index in [1.54, 1.807) is 24.3 Å². The molecular weight excluding hydrogens is 593 g/mol. The van der Waals surface area contributed by atoms with Gasteiger partial charge in [0.1, 0.15) is 0 Å². The maximum atomic E-state index is 12.5. The highest BCUT2D eigenvalue weighted by Crippen LogP contribution is 2.37. The minimum Gasteiger partial charge on any atom is -0.490 e. The molecule has 0 spiro atoms. The van der Waals surface area contributed by atoms with Crippen LogP contribution in [0.5, 0.6) is 11.5 Å². The van der Waals surface area contributed by atoms with E-state index in [2.05, 4.69) is 31.9 Å². The zero-order valence-corrected chi connectivity index (χ0v) is 24.7. The molecule has 3 rings (SSSR count). The molecule has 3 aromatic carbocycles. The van der Waals surface area contributed by atoms with Crippen LogP contribution in [-0.2, 0) is 11.3 Å².